The van der Waals surface area contributed by atoms with Gasteiger partial charge in [-0.05, 0) is 12.1 Å². The third kappa shape index (κ3) is 2.53. The molecule has 0 saturated heterocycles. The molecule has 0 saturated carbocycles. The summed E-state index contributed by atoms with van der Waals surface area (Å²) in [6.45, 7) is 0.532. The summed E-state index contributed by atoms with van der Waals surface area (Å²) in [5.74, 6) is 0. The number of hydrogen-bond acceptors (Lipinski definition) is 4. The SMILES string of the molecule is COCc1csc(-c2ccc(Cl)cn2)n1. The van der Waals surface area contributed by atoms with Crippen molar-refractivity contribution in [1.29, 1.82) is 0 Å². The van der Waals surface area contributed by atoms with Gasteiger partial charge in [-0.1, -0.05) is 11.6 Å². The Balaban J connectivity index is 2.25. The van der Waals surface area contributed by atoms with E-state index < -0.39 is 0 Å². The molecule has 3 nitrogen and oxygen atoms in total. The molecule has 2 aromatic heterocycles. The number of pyridine rings is 1. The molecule has 0 aliphatic rings. The van der Waals surface area contributed by atoms with Gasteiger partial charge in [-0.3, -0.25) is 4.98 Å². The second-order valence-corrected chi connectivity index (χ2v) is 4.23. The Hall–Kier alpha value is -0.970. The second kappa shape index (κ2) is 4.70. The largest absolute Gasteiger partial charge is 0.378 e. The minimum Gasteiger partial charge on any atom is -0.378 e. The zero-order chi connectivity index (χ0) is 10.7. The number of hydrogen-bond donors (Lipinski definition) is 0. The summed E-state index contributed by atoms with van der Waals surface area (Å²) < 4.78 is 5.00. The van der Waals surface area contributed by atoms with Gasteiger partial charge in [0.1, 0.15) is 5.01 Å². The van der Waals surface area contributed by atoms with Crippen LogP contribution in [-0.4, -0.2) is 17.1 Å². The Morgan fingerprint density at radius 3 is 3.00 bits per heavy atom. The molecular formula is C10H9ClN2OS. The van der Waals surface area contributed by atoms with E-state index in [-0.39, 0.29) is 0 Å². The number of thiazole rings is 1. The molecule has 0 spiro atoms. The van der Waals surface area contributed by atoms with Gasteiger partial charge in [-0.2, -0.15) is 0 Å². The summed E-state index contributed by atoms with van der Waals surface area (Å²) in [6.07, 6.45) is 1.62. The summed E-state index contributed by atoms with van der Waals surface area (Å²) in [4.78, 5) is 8.58. The molecule has 0 atom stereocenters. The van der Waals surface area contributed by atoms with Gasteiger partial charge in [0.25, 0.3) is 0 Å². The van der Waals surface area contributed by atoms with Crippen molar-refractivity contribution in [1.82, 2.24) is 9.97 Å². The van der Waals surface area contributed by atoms with E-state index in [1.54, 1.807) is 30.7 Å². The van der Waals surface area contributed by atoms with E-state index in [9.17, 15) is 0 Å². The highest BCUT2D eigenvalue weighted by atomic mass is 35.5. The van der Waals surface area contributed by atoms with Gasteiger partial charge >= 0.3 is 0 Å². The summed E-state index contributed by atoms with van der Waals surface area (Å²) in [6, 6.07) is 3.67. The number of ether oxygens (including phenoxy) is 1. The van der Waals surface area contributed by atoms with Crippen molar-refractivity contribution < 1.29 is 4.74 Å². The zero-order valence-electron chi connectivity index (χ0n) is 8.11. The van der Waals surface area contributed by atoms with Crippen LogP contribution in [0, 0.1) is 0 Å². The fourth-order valence-corrected chi connectivity index (χ4v) is 2.03. The molecule has 0 radical (unpaired) electrons. The Labute approximate surface area is 96.7 Å². The maximum atomic E-state index is 5.75. The molecule has 2 heterocycles. The van der Waals surface area contributed by atoms with E-state index in [2.05, 4.69) is 9.97 Å². The molecule has 2 aromatic rings. The van der Waals surface area contributed by atoms with Gasteiger partial charge in [0.2, 0.25) is 0 Å². The predicted molar refractivity (Wildman–Crippen MR) is 61.1 cm³/mol. The van der Waals surface area contributed by atoms with Crippen LogP contribution in [-0.2, 0) is 11.3 Å². The molecule has 0 amide bonds. The van der Waals surface area contributed by atoms with Crippen molar-refractivity contribution in [2.24, 2.45) is 0 Å². The minimum atomic E-state index is 0.532. The quantitative estimate of drug-likeness (QED) is 0.827. The molecule has 0 bridgehead atoms. The molecule has 2 rings (SSSR count). The van der Waals surface area contributed by atoms with Crippen LogP contribution in [0.5, 0.6) is 0 Å². The summed E-state index contributed by atoms with van der Waals surface area (Å²) >= 11 is 7.31. The third-order valence-electron chi connectivity index (χ3n) is 1.79. The molecule has 15 heavy (non-hydrogen) atoms. The fourth-order valence-electron chi connectivity index (χ4n) is 1.14. The lowest BCUT2D eigenvalue weighted by molar-refractivity contribution is 0.182. The highest BCUT2D eigenvalue weighted by molar-refractivity contribution is 7.13. The maximum Gasteiger partial charge on any atom is 0.142 e. The van der Waals surface area contributed by atoms with Crippen LogP contribution in [0.1, 0.15) is 5.69 Å². The van der Waals surface area contributed by atoms with E-state index >= 15 is 0 Å². The standard InChI is InChI=1S/C10H9ClN2OS/c1-14-5-8-6-15-10(13-8)9-3-2-7(11)4-12-9/h2-4,6H,5H2,1H3. The van der Waals surface area contributed by atoms with Crippen molar-refractivity contribution >= 4 is 22.9 Å². The van der Waals surface area contributed by atoms with Gasteiger partial charge in [-0.25, -0.2) is 4.98 Å². The lowest BCUT2D eigenvalue weighted by atomic mass is 10.4. The van der Waals surface area contributed by atoms with Crippen molar-refractivity contribution in [3.05, 3.63) is 34.4 Å². The van der Waals surface area contributed by atoms with Gasteiger partial charge in [-0.15, -0.1) is 11.3 Å². The maximum absolute atomic E-state index is 5.75. The van der Waals surface area contributed by atoms with E-state index in [0.29, 0.717) is 11.6 Å². The van der Waals surface area contributed by atoms with Crippen LogP contribution in [0.2, 0.25) is 5.02 Å². The van der Waals surface area contributed by atoms with E-state index in [4.69, 9.17) is 16.3 Å². The normalized spacial score (nSPS) is 10.5. The van der Waals surface area contributed by atoms with E-state index in [0.717, 1.165) is 16.4 Å². The lowest BCUT2D eigenvalue weighted by Gasteiger charge is -1.95. The monoisotopic (exact) mass is 240 g/mol. The zero-order valence-corrected chi connectivity index (χ0v) is 9.68. The Kier molecular flexibility index (Phi) is 3.30. The Morgan fingerprint density at radius 2 is 2.33 bits per heavy atom. The smallest absolute Gasteiger partial charge is 0.142 e. The summed E-state index contributed by atoms with van der Waals surface area (Å²) in [7, 11) is 1.65. The molecule has 5 heteroatoms. The summed E-state index contributed by atoms with van der Waals surface area (Å²) in [5, 5.41) is 3.49. The minimum absolute atomic E-state index is 0.532. The van der Waals surface area contributed by atoms with Crippen LogP contribution in [0.25, 0.3) is 10.7 Å². The van der Waals surface area contributed by atoms with Gasteiger partial charge in [0.15, 0.2) is 0 Å². The molecule has 0 unspecified atom stereocenters. The molecule has 0 fully saturated rings. The van der Waals surface area contributed by atoms with Gasteiger partial charge in [0, 0.05) is 18.7 Å². The molecule has 0 aliphatic carbocycles. The molecule has 78 valence electrons. The van der Waals surface area contributed by atoms with Crippen LogP contribution >= 0.6 is 22.9 Å². The van der Waals surface area contributed by atoms with Crippen LogP contribution in [0.3, 0.4) is 0 Å². The van der Waals surface area contributed by atoms with Crippen LogP contribution < -0.4 is 0 Å². The van der Waals surface area contributed by atoms with Crippen LogP contribution in [0.15, 0.2) is 23.7 Å². The predicted octanol–water partition coefficient (Wildman–Crippen LogP) is 3.00. The van der Waals surface area contributed by atoms with Gasteiger partial charge < -0.3 is 4.74 Å². The molecule has 0 aromatic carbocycles. The highest BCUT2D eigenvalue weighted by Gasteiger charge is 2.05. The first-order valence-corrected chi connectivity index (χ1v) is 5.60. The third-order valence-corrected chi connectivity index (χ3v) is 2.93. The second-order valence-electron chi connectivity index (χ2n) is 2.94. The molecule has 0 aliphatic heterocycles. The Bertz CT molecular complexity index is 441. The number of nitrogens with zero attached hydrogens (tertiary/aromatic N) is 2. The van der Waals surface area contributed by atoms with Crippen LogP contribution in [0.4, 0.5) is 0 Å². The van der Waals surface area contributed by atoms with Crippen molar-refractivity contribution in [2.75, 3.05) is 7.11 Å². The first-order chi connectivity index (χ1) is 7.29. The average molecular weight is 241 g/mol. The fraction of sp³-hybridized carbons (Fsp3) is 0.200. The first kappa shape index (κ1) is 10.5. The summed E-state index contributed by atoms with van der Waals surface area (Å²) in [5.41, 5.74) is 1.76. The van der Waals surface area contributed by atoms with E-state index in [1.165, 1.54) is 0 Å². The lowest BCUT2D eigenvalue weighted by Crippen LogP contribution is -1.87. The van der Waals surface area contributed by atoms with Crippen molar-refractivity contribution in [3.8, 4) is 10.7 Å². The van der Waals surface area contributed by atoms with Crippen molar-refractivity contribution in [2.45, 2.75) is 6.61 Å². The molecule has 0 N–H and O–H groups in total. The van der Waals surface area contributed by atoms with Gasteiger partial charge in [0.05, 0.1) is 23.0 Å². The number of halogens is 1. The van der Waals surface area contributed by atoms with E-state index in [1.807, 2.05) is 11.4 Å². The topological polar surface area (TPSA) is 35.0 Å². The highest BCUT2D eigenvalue weighted by Crippen LogP contribution is 2.22. The first-order valence-electron chi connectivity index (χ1n) is 4.35. The average Bonchev–Trinajstić information content (AvgIpc) is 2.68. The number of rotatable bonds is 3. The Morgan fingerprint density at radius 1 is 1.47 bits per heavy atom. The molecular weight excluding hydrogens is 232 g/mol. The van der Waals surface area contributed by atoms with Crippen molar-refractivity contribution in [3.63, 3.8) is 0 Å². The number of aromatic nitrogens is 2. The number of methoxy groups -OCH3 is 1.